The van der Waals surface area contributed by atoms with Crippen LogP contribution in [0.1, 0.15) is 31.3 Å². The minimum Gasteiger partial charge on any atom is -0.497 e. The van der Waals surface area contributed by atoms with E-state index in [1.165, 1.54) is 0 Å². The fourth-order valence-corrected chi connectivity index (χ4v) is 4.21. The van der Waals surface area contributed by atoms with E-state index in [1.807, 2.05) is 13.8 Å². The molecule has 0 aliphatic heterocycles. The second-order valence-corrected chi connectivity index (χ2v) is 9.44. The van der Waals surface area contributed by atoms with Gasteiger partial charge in [0.05, 0.1) is 13.2 Å². The minimum absolute atomic E-state index is 0.00796. The molecule has 3 rings (SSSR count). The summed E-state index contributed by atoms with van der Waals surface area (Å²) in [7, 11) is -0.570. The lowest BCUT2D eigenvalue weighted by Crippen LogP contribution is -2.36. The number of ether oxygens (including phenoxy) is 2. The van der Waals surface area contributed by atoms with Gasteiger partial charge in [-0.15, -0.1) is 0 Å². The van der Waals surface area contributed by atoms with Crippen LogP contribution in [-0.2, 0) is 21.9 Å². The molecule has 1 atom stereocenters. The molecule has 0 saturated heterocycles. The first-order valence-corrected chi connectivity index (χ1v) is 12.0. The first-order chi connectivity index (χ1) is 15.7. The Morgan fingerprint density at radius 2 is 1.70 bits per heavy atom. The number of imidazole rings is 1. The van der Waals surface area contributed by atoms with Gasteiger partial charge < -0.3 is 19.4 Å². The lowest BCUT2D eigenvalue weighted by Gasteiger charge is -2.19. The highest BCUT2D eigenvalue weighted by Crippen LogP contribution is 2.23. The number of nitrogens with one attached hydrogen (secondary N) is 2. The third kappa shape index (κ3) is 6.72. The van der Waals surface area contributed by atoms with Gasteiger partial charge in [0.15, 0.2) is 0 Å². The van der Waals surface area contributed by atoms with Crippen LogP contribution in [0.2, 0.25) is 0 Å². The van der Waals surface area contributed by atoms with E-state index in [-0.39, 0.29) is 6.10 Å². The van der Waals surface area contributed by atoms with Crippen molar-refractivity contribution in [3.05, 3.63) is 72.3 Å². The molecule has 0 fully saturated rings. The molecule has 1 unspecified atom stereocenters. The molecule has 0 bridgehead atoms. The standard InChI is InChI=1S/C23H28N4O5S/c1-16(2)32-20-11-7-18(8-12-20)26-33(29,30)15-21(28)25-22(23-24-13-14-27(23)3)17-5-9-19(31-4)10-6-17/h5-14,16,22,26H,15H2,1-4H3,(H,25,28). The zero-order chi connectivity index (χ0) is 24.0. The highest BCUT2D eigenvalue weighted by atomic mass is 32.2. The summed E-state index contributed by atoms with van der Waals surface area (Å²) in [5.41, 5.74) is 1.08. The number of carbonyl (C=O) groups excluding carboxylic acids is 1. The molecule has 0 saturated carbocycles. The Kier molecular flexibility index (Phi) is 7.59. The van der Waals surface area contributed by atoms with E-state index in [9.17, 15) is 13.2 Å². The lowest BCUT2D eigenvalue weighted by molar-refractivity contribution is -0.119. The summed E-state index contributed by atoms with van der Waals surface area (Å²) in [5.74, 6) is 0.461. The third-order valence-electron chi connectivity index (χ3n) is 4.69. The van der Waals surface area contributed by atoms with Gasteiger partial charge in [0.1, 0.15) is 29.1 Å². The molecule has 9 nitrogen and oxygen atoms in total. The van der Waals surface area contributed by atoms with E-state index < -0.39 is 27.7 Å². The Morgan fingerprint density at radius 3 is 2.24 bits per heavy atom. The molecule has 10 heteroatoms. The molecule has 2 aromatic carbocycles. The smallest absolute Gasteiger partial charge is 0.241 e. The van der Waals surface area contributed by atoms with E-state index in [0.29, 0.717) is 23.0 Å². The highest BCUT2D eigenvalue weighted by molar-refractivity contribution is 7.93. The number of anilines is 1. The third-order valence-corrected chi connectivity index (χ3v) is 5.88. The van der Waals surface area contributed by atoms with Gasteiger partial charge in [0, 0.05) is 25.1 Å². The SMILES string of the molecule is COc1ccc(C(NC(=O)CS(=O)(=O)Nc2ccc(OC(C)C)cc2)c2nccn2C)cc1. The van der Waals surface area contributed by atoms with E-state index in [2.05, 4.69) is 15.0 Å². The van der Waals surface area contributed by atoms with Crippen molar-refractivity contribution < 1.29 is 22.7 Å². The molecule has 1 amide bonds. The summed E-state index contributed by atoms with van der Waals surface area (Å²) in [6.07, 6.45) is 3.37. The van der Waals surface area contributed by atoms with Crippen LogP contribution in [0.3, 0.4) is 0 Å². The Balaban J connectivity index is 1.71. The van der Waals surface area contributed by atoms with Crippen molar-refractivity contribution in [1.82, 2.24) is 14.9 Å². The molecule has 0 aliphatic rings. The van der Waals surface area contributed by atoms with Gasteiger partial charge in [0.25, 0.3) is 0 Å². The van der Waals surface area contributed by atoms with Crippen LogP contribution in [0, 0.1) is 0 Å². The maximum absolute atomic E-state index is 12.7. The predicted octanol–water partition coefficient (Wildman–Crippen LogP) is 2.86. The number of sulfonamides is 1. The number of nitrogens with zero attached hydrogens (tertiary/aromatic N) is 2. The molecule has 176 valence electrons. The number of aromatic nitrogens is 2. The first-order valence-electron chi connectivity index (χ1n) is 10.3. The Labute approximate surface area is 193 Å². The Morgan fingerprint density at radius 1 is 1.06 bits per heavy atom. The van der Waals surface area contributed by atoms with Gasteiger partial charge >= 0.3 is 0 Å². The normalized spacial score (nSPS) is 12.3. The quantitative estimate of drug-likeness (QED) is 0.469. The fraction of sp³-hybridized carbons (Fsp3) is 0.304. The zero-order valence-electron chi connectivity index (χ0n) is 19.0. The summed E-state index contributed by atoms with van der Waals surface area (Å²) < 4.78 is 40.1. The van der Waals surface area contributed by atoms with Crippen molar-refractivity contribution in [3.63, 3.8) is 0 Å². The van der Waals surface area contributed by atoms with E-state index in [1.54, 1.807) is 79.6 Å². The fourth-order valence-electron chi connectivity index (χ4n) is 3.21. The van der Waals surface area contributed by atoms with Crippen molar-refractivity contribution in [3.8, 4) is 11.5 Å². The summed E-state index contributed by atoms with van der Waals surface area (Å²) in [5, 5.41) is 2.78. The van der Waals surface area contributed by atoms with Gasteiger partial charge in [-0.05, 0) is 55.8 Å². The molecule has 0 aliphatic carbocycles. The van der Waals surface area contributed by atoms with Crippen LogP contribution in [0.25, 0.3) is 0 Å². The average molecular weight is 473 g/mol. The van der Waals surface area contributed by atoms with Crippen LogP contribution in [-0.4, -0.2) is 42.8 Å². The minimum atomic E-state index is -3.94. The lowest BCUT2D eigenvalue weighted by atomic mass is 10.1. The van der Waals surface area contributed by atoms with Crippen LogP contribution in [0.15, 0.2) is 60.9 Å². The average Bonchev–Trinajstić information content (AvgIpc) is 3.18. The first kappa shape index (κ1) is 24.1. The maximum atomic E-state index is 12.7. The van der Waals surface area contributed by atoms with Gasteiger partial charge in [-0.1, -0.05) is 12.1 Å². The maximum Gasteiger partial charge on any atom is 0.241 e. The molecule has 1 heterocycles. The van der Waals surface area contributed by atoms with Crippen LogP contribution in [0.4, 0.5) is 5.69 Å². The number of amides is 1. The van der Waals surface area contributed by atoms with Crippen LogP contribution < -0.4 is 19.5 Å². The monoisotopic (exact) mass is 472 g/mol. The number of aryl methyl sites for hydroxylation is 1. The van der Waals surface area contributed by atoms with Gasteiger partial charge in [-0.3, -0.25) is 9.52 Å². The molecule has 1 aromatic heterocycles. The molecular formula is C23H28N4O5S. The summed E-state index contributed by atoms with van der Waals surface area (Å²) in [6, 6.07) is 13.0. The number of hydrogen-bond acceptors (Lipinski definition) is 6. The van der Waals surface area contributed by atoms with E-state index >= 15 is 0 Å². The second kappa shape index (κ2) is 10.4. The summed E-state index contributed by atoms with van der Waals surface area (Å²) in [4.78, 5) is 17.0. The highest BCUT2D eigenvalue weighted by Gasteiger charge is 2.24. The summed E-state index contributed by atoms with van der Waals surface area (Å²) >= 11 is 0. The Bertz CT molecular complexity index is 1170. The summed E-state index contributed by atoms with van der Waals surface area (Å²) in [6.45, 7) is 3.80. The van der Waals surface area contributed by atoms with Crippen molar-refractivity contribution in [2.75, 3.05) is 17.6 Å². The zero-order valence-corrected chi connectivity index (χ0v) is 19.8. The molecule has 33 heavy (non-hydrogen) atoms. The molecule has 0 radical (unpaired) electrons. The van der Waals surface area contributed by atoms with Crippen LogP contribution >= 0.6 is 0 Å². The van der Waals surface area contributed by atoms with E-state index in [0.717, 1.165) is 5.56 Å². The number of hydrogen-bond donors (Lipinski definition) is 2. The second-order valence-electron chi connectivity index (χ2n) is 7.72. The predicted molar refractivity (Wildman–Crippen MR) is 126 cm³/mol. The Hall–Kier alpha value is -3.53. The topological polar surface area (TPSA) is 112 Å². The van der Waals surface area contributed by atoms with Gasteiger partial charge in [0.2, 0.25) is 15.9 Å². The number of benzene rings is 2. The van der Waals surface area contributed by atoms with Crippen LogP contribution in [0.5, 0.6) is 11.5 Å². The molecule has 0 spiro atoms. The number of methoxy groups -OCH3 is 1. The largest absolute Gasteiger partial charge is 0.497 e. The molecule has 2 N–H and O–H groups in total. The van der Waals surface area contributed by atoms with Crippen molar-refractivity contribution in [1.29, 1.82) is 0 Å². The van der Waals surface area contributed by atoms with Gasteiger partial charge in [-0.25, -0.2) is 13.4 Å². The number of carbonyl (C=O) groups is 1. The molecule has 3 aromatic rings. The van der Waals surface area contributed by atoms with E-state index in [4.69, 9.17) is 9.47 Å². The van der Waals surface area contributed by atoms with Crippen molar-refractivity contribution in [2.24, 2.45) is 7.05 Å². The number of rotatable bonds is 10. The van der Waals surface area contributed by atoms with Gasteiger partial charge in [-0.2, -0.15) is 0 Å². The van der Waals surface area contributed by atoms with Crippen molar-refractivity contribution in [2.45, 2.75) is 26.0 Å². The van der Waals surface area contributed by atoms with Crippen molar-refractivity contribution >= 4 is 21.6 Å². The molecular weight excluding hydrogens is 444 g/mol.